The lowest BCUT2D eigenvalue weighted by Crippen LogP contribution is -1.95. The molecule has 1 heteroatoms. The maximum Gasteiger partial charge on any atom is 0.0548 e. The maximum absolute atomic E-state index is 2.47. The fourth-order valence-corrected chi connectivity index (χ4v) is 6.87. The largest absolute Gasteiger partial charge is 0.309 e. The molecule has 0 saturated carbocycles. The van der Waals surface area contributed by atoms with Gasteiger partial charge in [0.15, 0.2) is 0 Å². The molecule has 0 aliphatic heterocycles. The number of nitrogens with zero attached hydrogens (tertiary/aromatic N) is 1. The van der Waals surface area contributed by atoms with Gasteiger partial charge in [-0.15, -0.1) is 0 Å². The molecule has 9 rings (SSSR count). The van der Waals surface area contributed by atoms with Gasteiger partial charge < -0.3 is 4.57 Å². The highest BCUT2D eigenvalue weighted by Gasteiger charge is 2.25. The van der Waals surface area contributed by atoms with Gasteiger partial charge in [-0.25, -0.2) is 0 Å². The van der Waals surface area contributed by atoms with Crippen LogP contribution in [0.15, 0.2) is 140 Å². The molecule has 1 aliphatic rings. The zero-order valence-corrected chi connectivity index (χ0v) is 21.2. The van der Waals surface area contributed by atoms with E-state index in [1.807, 2.05) is 0 Å². The first-order chi connectivity index (χ1) is 19.4. The Morgan fingerprint density at radius 1 is 0.359 bits per heavy atom. The third-order valence-corrected chi connectivity index (χ3v) is 8.50. The van der Waals surface area contributed by atoms with Crippen LogP contribution in [0.3, 0.4) is 0 Å². The first kappa shape index (κ1) is 20.9. The molecule has 0 unspecified atom stereocenters. The van der Waals surface area contributed by atoms with Crippen LogP contribution in [-0.4, -0.2) is 4.57 Å². The summed E-state index contributed by atoms with van der Waals surface area (Å²) in [6, 6.07) is 51.2. The van der Waals surface area contributed by atoms with Gasteiger partial charge in [-0.1, -0.05) is 109 Å². The Morgan fingerprint density at radius 2 is 1.05 bits per heavy atom. The quantitative estimate of drug-likeness (QED) is 0.211. The molecule has 7 aromatic carbocycles. The summed E-state index contributed by atoms with van der Waals surface area (Å²) in [7, 11) is 0. The Kier molecular flexibility index (Phi) is 4.11. The molecule has 39 heavy (non-hydrogen) atoms. The van der Waals surface area contributed by atoms with Gasteiger partial charge in [0.2, 0.25) is 0 Å². The van der Waals surface area contributed by atoms with Gasteiger partial charge in [0.1, 0.15) is 0 Å². The van der Waals surface area contributed by atoms with E-state index in [0.29, 0.717) is 0 Å². The van der Waals surface area contributed by atoms with Gasteiger partial charge in [-0.2, -0.15) is 0 Å². The number of fused-ring (bicyclic) bond motifs is 5. The number of hydrogen-bond donors (Lipinski definition) is 0. The van der Waals surface area contributed by atoms with Crippen molar-refractivity contribution in [1.82, 2.24) is 4.57 Å². The lowest BCUT2D eigenvalue weighted by Gasteiger charge is -2.15. The second-order valence-electron chi connectivity index (χ2n) is 10.5. The van der Waals surface area contributed by atoms with Crippen LogP contribution in [0.4, 0.5) is 0 Å². The average molecular weight is 494 g/mol. The molecule has 0 bridgehead atoms. The first-order valence-electron chi connectivity index (χ1n) is 13.5. The third kappa shape index (κ3) is 2.79. The Morgan fingerprint density at radius 3 is 1.95 bits per heavy atom. The van der Waals surface area contributed by atoms with Gasteiger partial charge in [0, 0.05) is 21.8 Å². The van der Waals surface area contributed by atoms with Crippen LogP contribution in [-0.2, 0) is 0 Å². The van der Waals surface area contributed by atoms with Crippen LogP contribution in [0.2, 0.25) is 0 Å². The molecule has 0 fully saturated rings. The highest BCUT2D eigenvalue weighted by Crippen LogP contribution is 2.50. The molecule has 0 amide bonds. The summed E-state index contributed by atoms with van der Waals surface area (Å²) in [6.45, 7) is 0. The third-order valence-electron chi connectivity index (χ3n) is 8.50. The van der Waals surface area contributed by atoms with E-state index in [0.717, 1.165) is 0 Å². The van der Waals surface area contributed by atoms with Crippen LogP contribution in [0.25, 0.3) is 82.4 Å². The molecule has 0 atom stereocenters. The second-order valence-corrected chi connectivity index (χ2v) is 10.5. The fourth-order valence-electron chi connectivity index (χ4n) is 6.87. The molecule has 0 radical (unpaired) electrons. The van der Waals surface area contributed by atoms with E-state index in [2.05, 4.69) is 144 Å². The molecule has 0 spiro atoms. The van der Waals surface area contributed by atoms with E-state index in [1.54, 1.807) is 0 Å². The van der Waals surface area contributed by atoms with Crippen molar-refractivity contribution in [3.05, 3.63) is 140 Å². The topological polar surface area (TPSA) is 4.93 Å². The number of hydrogen-bond acceptors (Lipinski definition) is 0. The summed E-state index contributed by atoms with van der Waals surface area (Å²) >= 11 is 0. The molecule has 8 aromatic rings. The maximum atomic E-state index is 2.47. The monoisotopic (exact) mass is 493 g/mol. The van der Waals surface area contributed by atoms with Gasteiger partial charge in [-0.05, 0) is 79.9 Å². The molecular weight excluding hydrogens is 470 g/mol. The predicted octanol–water partition coefficient (Wildman–Crippen LogP) is 10.4. The minimum Gasteiger partial charge on any atom is -0.309 e. The van der Waals surface area contributed by atoms with Crippen LogP contribution >= 0.6 is 0 Å². The van der Waals surface area contributed by atoms with Crippen LogP contribution < -0.4 is 0 Å². The van der Waals surface area contributed by atoms with Crippen LogP contribution in [0.5, 0.6) is 0 Å². The number of rotatable bonds is 2. The summed E-state index contributed by atoms with van der Waals surface area (Å²) in [5, 5.41) is 7.95. The molecule has 1 aliphatic carbocycles. The van der Waals surface area contributed by atoms with Gasteiger partial charge in [0.25, 0.3) is 0 Å². The van der Waals surface area contributed by atoms with E-state index in [4.69, 9.17) is 0 Å². The Hall–Kier alpha value is -5.14. The SMILES string of the molecule is c1ccc(-c2cccc(-n3c4cccc5c4c4c6c(cc7ccccc7c6ccc43)-c3ccccc3-5)c2)cc1. The summed E-state index contributed by atoms with van der Waals surface area (Å²) < 4.78 is 2.47. The van der Waals surface area contributed by atoms with E-state index in [-0.39, 0.29) is 0 Å². The van der Waals surface area contributed by atoms with E-state index in [9.17, 15) is 0 Å². The van der Waals surface area contributed by atoms with Gasteiger partial charge in [0.05, 0.1) is 11.0 Å². The van der Waals surface area contributed by atoms with E-state index < -0.39 is 0 Å². The van der Waals surface area contributed by atoms with Crippen molar-refractivity contribution in [2.24, 2.45) is 0 Å². The van der Waals surface area contributed by atoms with Crippen molar-refractivity contribution in [1.29, 1.82) is 0 Å². The highest BCUT2D eigenvalue weighted by molar-refractivity contribution is 6.33. The Bertz CT molecular complexity index is 2270. The van der Waals surface area contributed by atoms with E-state index in [1.165, 1.54) is 82.4 Å². The fraction of sp³-hybridized carbons (Fsp3) is 0. The second kappa shape index (κ2) is 7.69. The molecule has 180 valence electrons. The molecule has 1 nitrogen and oxygen atoms in total. The summed E-state index contributed by atoms with van der Waals surface area (Å²) in [5.74, 6) is 0. The van der Waals surface area contributed by atoms with Crippen molar-refractivity contribution < 1.29 is 0 Å². The number of aromatic nitrogens is 1. The zero-order chi connectivity index (χ0) is 25.5. The first-order valence-corrected chi connectivity index (χ1v) is 13.5. The normalized spacial score (nSPS) is 12.1. The minimum atomic E-state index is 1.18. The van der Waals surface area contributed by atoms with Crippen LogP contribution in [0, 0.1) is 0 Å². The molecule has 1 heterocycles. The Balaban J connectivity index is 1.50. The van der Waals surface area contributed by atoms with Crippen molar-refractivity contribution in [2.75, 3.05) is 0 Å². The molecule has 1 aromatic heterocycles. The van der Waals surface area contributed by atoms with Crippen molar-refractivity contribution in [3.63, 3.8) is 0 Å². The zero-order valence-electron chi connectivity index (χ0n) is 21.2. The van der Waals surface area contributed by atoms with Crippen molar-refractivity contribution >= 4 is 43.4 Å². The molecule has 0 N–H and O–H groups in total. The lowest BCUT2D eigenvalue weighted by molar-refractivity contribution is 1.18. The Labute approximate surface area is 226 Å². The summed E-state index contributed by atoms with van der Waals surface area (Å²) in [6.07, 6.45) is 0. The minimum absolute atomic E-state index is 1.18. The lowest BCUT2D eigenvalue weighted by atomic mass is 9.90. The standard InChI is InChI=1S/C38H23N/c1-2-10-24(11-3-1)25-13-8-14-27(22-25)39-34-19-9-18-31-29-16-6-7-17-30(29)33-23-26-12-4-5-15-28(26)32-20-21-35(39)38(36(32)33)37(31)34/h1-23H. The molecular formula is C38H23N. The van der Waals surface area contributed by atoms with Crippen LogP contribution in [0.1, 0.15) is 0 Å². The number of benzene rings is 7. The van der Waals surface area contributed by atoms with Gasteiger partial charge >= 0.3 is 0 Å². The van der Waals surface area contributed by atoms with Crippen molar-refractivity contribution in [3.8, 4) is 39.1 Å². The summed E-state index contributed by atoms with van der Waals surface area (Å²) in [4.78, 5) is 0. The molecule has 0 saturated heterocycles. The average Bonchev–Trinajstić information content (AvgIpc) is 3.29. The highest BCUT2D eigenvalue weighted by atomic mass is 15.0. The predicted molar refractivity (Wildman–Crippen MR) is 166 cm³/mol. The van der Waals surface area contributed by atoms with E-state index >= 15 is 0 Å². The summed E-state index contributed by atoms with van der Waals surface area (Å²) in [5.41, 5.74) is 11.4. The van der Waals surface area contributed by atoms with Crippen molar-refractivity contribution in [2.45, 2.75) is 0 Å². The smallest absolute Gasteiger partial charge is 0.0548 e. The van der Waals surface area contributed by atoms with Gasteiger partial charge in [-0.3, -0.25) is 0 Å².